The summed E-state index contributed by atoms with van der Waals surface area (Å²) in [5.41, 5.74) is 0.678. The maximum absolute atomic E-state index is 11.5. The molecule has 21 heavy (non-hydrogen) atoms. The van der Waals surface area contributed by atoms with Crippen LogP contribution in [0.2, 0.25) is 0 Å². The molecule has 7 heteroatoms. The Labute approximate surface area is 127 Å². The first kappa shape index (κ1) is 16.8. The number of methoxy groups -OCH3 is 3. The van der Waals surface area contributed by atoms with Gasteiger partial charge in [-0.1, -0.05) is 0 Å². The number of amides is 1. The minimum Gasteiger partial charge on any atom is -0.493 e. The Morgan fingerprint density at radius 1 is 1.14 bits per heavy atom. The van der Waals surface area contributed by atoms with Crippen molar-refractivity contribution >= 4 is 28.8 Å². The molecule has 0 unspecified atom stereocenters. The van der Waals surface area contributed by atoms with E-state index in [4.69, 9.17) is 25.8 Å². The van der Waals surface area contributed by atoms with Crippen LogP contribution in [0.25, 0.3) is 6.08 Å². The lowest BCUT2D eigenvalue weighted by Gasteiger charge is -2.12. The molecule has 1 amide bonds. The van der Waals surface area contributed by atoms with E-state index >= 15 is 0 Å². The maximum atomic E-state index is 11.5. The van der Waals surface area contributed by atoms with E-state index < -0.39 is 11.1 Å². The highest BCUT2D eigenvalue weighted by Crippen LogP contribution is 2.38. The van der Waals surface area contributed by atoms with Crippen molar-refractivity contribution in [3.8, 4) is 17.2 Å². The Balaban J connectivity index is 2.93. The summed E-state index contributed by atoms with van der Waals surface area (Å²) in [6.45, 7) is -0.222. The number of hydrogen-bond donors (Lipinski definition) is 1. The molecule has 0 radical (unpaired) electrons. The molecule has 0 aliphatic heterocycles. The molecule has 1 aromatic rings. The number of ether oxygens (including phenoxy) is 3. The van der Waals surface area contributed by atoms with Gasteiger partial charge in [-0.2, -0.15) is 0 Å². The van der Waals surface area contributed by atoms with Crippen LogP contribution < -0.4 is 19.5 Å². The van der Waals surface area contributed by atoms with Gasteiger partial charge in [0.1, 0.15) is 0 Å². The normalized spacial score (nSPS) is 10.3. The van der Waals surface area contributed by atoms with Crippen molar-refractivity contribution in [3.63, 3.8) is 0 Å². The number of carbonyl (C=O) groups is 2. The maximum Gasteiger partial charge on any atom is 0.244 e. The quantitative estimate of drug-likeness (QED) is 0.611. The average molecular weight is 314 g/mol. The lowest BCUT2D eigenvalue weighted by Crippen LogP contribution is -2.25. The Bertz CT molecular complexity index is 531. The van der Waals surface area contributed by atoms with Crippen molar-refractivity contribution in [1.29, 1.82) is 0 Å². The van der Waals surface area contributed by atoms with Crippen LogP contribution in [0.15, 0.2) is 18.2 Å². The van der Waals surface area contributed by atoms with E-state index in [1.54, 1.807) is 18.2 Å². The SMILES string of the molecule is COc1cc(C=CC(=O)NCC(=O)Cl)cc(OC)c1OC. The van der Waals surface area contributed by atoms with Gasteiger partial charge in [-0.25, -0.2) is 0 Å². The molecule has 6 nitrogen and oxygen atoms in total. The molecule has 1 N–H and O–H groups in total. The van der Waals surface area contributed by atoms with E-state index in [1.807, 2.05) is 0 Å². The van der Waals surface area contributed by atoms with Crippen LogP contribution in [0.5, 0.6) is 17.2 Å². The van der Waals surface area contributed by atoms with E-state index in [2.05, 4.69) is 5.32 Å². The Hall–Kier alpha value is -2.21. The summed E-state index contributed by atoms with van der Waals surface area (Å²) in [5, 5.41) is 1.70. The average Bonchev–Trinajstić information content (AvgIpc) is 2.49. The second kappa shape index (κ2) is 8.16. The number of benzene rings is 1. The van der Waals surface area contributed by atoms with Gasteiger partial charge in [-0.15, -0.1) is 0 Å². The number of hydrogen-bond acceptors (Lipinski definition) is 5. The van der Waals surface area contributed by atoms with Gasteiger partial charge in [0.05, 0.1) is 27.9 Å². The van der Waals surface area contributed by atoms with Crippen LogP contribution >= 0.6 is 11.6 Å². The van der Waals surface area contributed by atoms with Gasteiger partial charge in [0, 0.05) is 6.08 Å². The number of rotatable bonds is 7. The van der Waals surface area contributed by atoms with Crippen LogP contribution in [-0.2, 0) is 9.59 Å². The summed E-state index contributed by atoms with van der Waals surface area (Å²) in [6.07, 6.45) is 2.83. The molecular weight excluding hydrogens is 298 g/mol. The van der Waals surface area contributed by atoms with E-state index in [-0.39, 0.29) is 6.54 Å². The summed E-state index contributed by atoms with van der Waals surface area (Å²) in [4.78, 5) is 22.0. The molecule has 0 heterocycles. The van der Waals surface area contributed by atoms with Crippen LogP contribution in [0, 0.1) is 0 Å². The number of halogens is 1. The zero-order valence-corrected chi connectivity index (χ0v) is 12.7. The Morgan fingerprint density at radius 3 is 2.14 bits per heavy atom. The van der Waals surface area contributed by atoms with Gasteiger partial charge in [0.2, 0.25) is 16.9 Å². The monoisotopic (exact) mass is 313 g/mol. The fourth-order valence-electron chi connectivity index (χ4n) is 1.59. The zero-order chi connectivity index (χ0) is 15.8. The fraction of sp³-hybridized carbons (Fsp3) is 0.286. The second-order valence-electron chi connectivity index (χ2n) is 3.86. The summed E-state index contributed by atoms with van der Waals surface area (Å²) in [7, 11) is 4.51. The standard InChI is InChI=1S/C14H16ClNO5/c1-19-10-6-9(7-11(20-2)14(10)21-3)4-5-13(18)16-8-12(15)17/h4-7H,8H2,1-3H3,(H,16,18). The first-order valence-corrected chi connectivity index (χ1v) is 6.33. The smallest absolute Gasteiger partial charge is 0.244 e. The third-order valence-electron chi connectivity index (χ3n) is 2.52. The van der Waals surface area contributed by atoms with E-state index in [0.717, 1.165) is 0 Å². The summed E-state index contributed by atoms with van der Waals surface area (Å²) < 4.78 is 15.6. The molecular formula is C14H16ClNO5. The topological polar surface area (TPSA) is 73.9 Å². The van der Waals surface area contributed by atoms with Crippen molar-refractivity contribution in [2.45, 2.75) is 0 Å². The predicted octanol–water partition coefficient (Wildman–Crippen LogP) is 1.61. The van der Waals surface area contributed by atoms with E-state index in [0.29, 0.717) is 22.8 Å². The van der Waals surface area contributed by atoms with Crippen LogP contribution in [0.4, 0.5) is 0 Å². The molecule has 0 atom stereocenters. The summed E-state index contributed by atoms with van der Waals surface area (Å²) >= 11 is 5.13. The highest BCUT2D eigenvalue weighted by Gasteiger charge is 2.12. The second-order valence-corrected chi connectivity index (χ2v) is 4.29. The summed E-state index contributed by atoms with van der Waals surface area (Å²) in [6, 6.07) is 3.38. The zero-order valence-electron chi connectivity index (χ0n) is 11.9. The van der Waals surface area contributed by atoms with Gasteiger partial charge >= 0.3 is 0 Å². The number of carbonyl (C=O) groups excluding carboxylic acids is 2. The third kappa shape index (κ3) is 5.00. The van der Waals surface area contributed by atoms with Gasteiger partial charge in [-0.3, -0.25) is 9.59 Å². The summed E-state index contributed by atoms with van der Waals surface area (Å²) in [5.74, 6) is 0.993. The molecule has 0 spiro atoms. The minimum absolute atomic E-state index is 0.222. The highest BCUT2D eigenvalue weighted by atomic mass is 35.5. The van der Waals surface area contributed by atoms with E-state index in [9.17, 15) is 9.59 Å². The van der Waals surface area contributed by atoms with Crippen molar-refractivity contribution in [2.24, 2.45) is 0 Å². The molecule has 0 aliphatic rings. The lowest BCUT2D eigenvalue weighted by molar-refractivity contribution is -0.119. The Morgan fingerprint density at radius 2 is 1.71 bits per heavy atom. The van der Waals surface area contributed by atoms with Gasteiger partial charge in [0.15, 0.2) is 11.5 Å². The molecule has 0 aliphatic carbocycles. The third-order valence-corrected chi connectivity index (χ3v) is 2.65. The molecule has 0 aromatic heterocycles. The van der Waals surface area contributed by atoms with Crippen molar-refractivity contribution in [3.05, 3.63) is 23.8 Å². The molecule has 0 saturated heterocycles. The minimum atomic E-state index is -0.635. The van der Waals surface area contributed by atoms with Gasteiger partial charge in [-0.05, 0) is 35.4 Å². The highest BCUT2D eigenvalue weighted by molar-refractivity contribution is 6.64. The van der Waals surface area contributed by atoms with E-state index in [1.165, 1.54) is 27.4 Å². The Kier molecular flexibility index (Phi) is 6.55. The predicted molar refractivity (Wildman–Crippen MR) is 79.0 cm³/mol. The lowest BCUT2D eigenvalue weighted by atomic mass is 10.1. The molecule has 0 saturated carbocycles. The van der Waals surface area contributed by atoms with Crippen molar-refractivity contribution in [2.75, 3.05) is 27.9 Å². The van der Waals surface area contributed by atoms with Crippen molar-refractivity contribution in [1.82, 2.24) is 5.32 Å². The molecule has 0 fully saturated rings. The molecule has 0 bridgehead atoms. The first-order valence-electron chi connectivity index (χ1n) is 5.96. The largest absolute Gasteiger partial charge is 0.493 e. The van der Waals surface area contributed by atoms with Crippen molar-refractivity contribution < 1.29 is 23.8 Å². The first-order chi connectivity index (χ1) is 10.0. The van der Waals surface area contributed by atoms with Crippen LogP contribution in [-0.4, -0.2) is 39.0 Å². The van der Waals surface area contributed by atoms with Gasteiger partial charge < -0.3 is 19.5 Å². The van der Waals surface area contributed by atoms with Crippen LogP contribution in [0.1, 0.15) is 5.56 Å². The molecule has 114 valence electrons. The number of nitrogens with one attached hydrogen (secondary N) is 1. The van der Waals surface area contributed by atoms with Gasteiger partial charge in [0.25, 0.3) is 0 Å². The fourth-order valence-corrected chi connectivity index (χ4v) is 1.65. The van der Waals surface area contributed by atoms with Crippen LogP contribution in [0.3, 0.4) is 0 Å². The molecule has 1 aromatic carbocycles. The molecule has 1 rings (SSSR count).